The Morgan fingerprint density at radius 2 is 2.09 bits per heavy atom. The molecule has 110 valence electrons. The second kappa shape index (κ2) is 5.34. The molecule has 4 rings (SSSR count). The molecule has 3 aromatic rings. The quantitative estimate of drug-likeness (QED) is 0.797. The standard InChI is InChI=1S/C19H19N3/c1-14-6-7-15(12-21-14)9-11-22-18-5-3-2-4-16(18)17-13-20-10-8-19(17)22/h2-8,10,12,20H,9,11,13H2,1H3. The van der Waals surface area contributed by atoms with Gasteiger partial charge >= 0.3 is 0 Å². The lowest BCUT2D eigenvalue weighted by atomic mass is 10.1. The van der Waals surface area contributed by atoms with Crippen LogP contribution in [-0.2, 0) is 19.5 Å². The zero-order valence-corrected chi connectivity index (χ0v) is 12.7. The van der Waals surface area contributed by atoms with Crippen LogP contribution in [0.15, 0.2) is 48.8 Å². The topological polar surface area (TPSA) is 29.9 Å². The van der Waals surface area contributed by atoms with Gasteiger partial charge in [-0.05, 0) is 43.3 Å². The van der Waals surface area contributed by atoms with Crippen molar-refractivity contribution in [3.05, 3.63) is 71.3 Å². The Morgan fingerprint density at radius 3 is 2.95 bits per heavy atom. The van der Waals surface area contributed by atoms with Crippen LogP contribution in [0.5, 0.6) is 0 Å². The third-order valence-electron chi connectivity index (χ3n) is 4.35. The number of benzene rings is 1. The molecule has 0 saturated carbocycles. The van der Waals surface area contributed by atoms with Crippen LogP contribution in [0.1, 0.15) is 22.5 Å². The Labute approximate surface area is 130 Å². The highest BCUT2D eigenvalue weighted by molar-refractivity contribution is 5.88. The second-order valence-electron chi connectivity index (χ2n) is 5.80. The maximum Gasteiger partial charge on any atom is 0.0488 e. The Balaban J connectivity index is 1.72. The average molecular weight is 289 g/mol. The van der Waals surface area contributed by atoms with E-state index in [1.165, 1.54) is 27.7 Å². The second-order valence-corrected chi connectivity index (χ2v) is 5.80. The number of aromatic nitrogens is 2. The van der Waals surface area contributed by atoms with Gasteiger partial charge in [-0.3, -0.25) is 4.98 Å². The molecule has 2 aromatic heterocycles. The number of hydrogen-bond acceptors (Lipinski definition) is 2. The average Bonchev–Trinajstić information content (AvgIpc) is 2.89. The van der Waals surface area contributed by atoms with E-state index >= 15 is 0 Å². The summed E-state index contributed by atoms with van der Waals surface area (Å²) in [6.45, 7) is 3.91. The van der Waals surface area contributed by atoms with Crippen LogP contribution in [0.4, 0.5) is 0 Å². The first-order valence-corrected chi connectivity index (χ1v) is 7.74. The number of para-hydroxylation sites is 1. The molecule has 3 heterocycles. The molecule has 3 nitrogen and oxygen atoms in total. The minimum atomic E-state index is 0.908. The van der Waals surface area contributed by atoms with Gasteiger partial charge in [0.25, 0.3) is 0 Å². The van der Waals surface area contributed by atoms with E-state index in [0.717, 1.165) is 25.2 Å². The van der Waals surface area contributed by atoms with E-state index < -0.39 is 0 Å². The maximum atomic E-state index is 4.40. The summed E-state index contributed by atoms with van der Waals surface area (Å²) in [7, 11) is 0. The van der Waals surface area contributed by atoms with Crippen molar-refractivity contribution >= 4 is 17.0 Å². The van der Waals surface area contributed by atoms with E-state index in [9.17, 15) is 0 Å². The lowest BCUT2D eigenvalue weighted by Gasteiger charge is -2.12. The minimum Gasteiger partial charge on any atom is -0.387 e. The fourth-order valence-corrected chi connectivity index (χ4v) is 3.20. The summed E-state index contributed by atoms with van der Waals surface area (Å²) < 4.78 is 2.43. The number of aryl methyl sites for hydroxylation is 3. The van der Waals surface area contributed by atoms with Gasteiger partial charge in [-0.25, -0.2) is 0 Å². The van der Waals surface area contributed by atoms with Crippen LogP contribution in [-0.4, -0.2) is 9.55 Å². The molecule has 22 heavy (non-hydrogen) atoms. The number of nitrogens with one attached hydrogen (secondary N) is 1. The van der Waals surface area contributed by atoms with E-state index in [4.69, 9.17) is 0 Å². The maximum absolute atomic E-state index is 4.40. The first-order valence-electron chi connectivity index (χ1n) is 7.74. The Morgan fingerprint density at radius 1 is 1.18 bits per heavy atom. The van der Waals surface area contributed by atoms with Crippen molar-refractivity contribution in [1.29, 1.82) is 0 Å². The van der Waals surface area contributed by atoms with Gasteiger partial charge in [-0.15, -0.1) is 0 Å². The number of fused-ring (bicyclic) bond motifs is 3. The highest BCUT2D eigenvalue weighted by Gasteiger charge is 2.16. The van der Waals surface area contributed by atoms with Gasteiger partial charge < -0.3 is 9.88 Å². The predicted octanol–water partition coefficient (Wildman–Crippen LogP) is 3.66. The molecule has 3 heteroatoms. The van der Waals surface area contributed by atoms with E-state index in [-0.39, 0.29) is 0 Å². The summed E-state index contributed by atoms with van der Waals surface area (Å²) in [5, 5.41) is 4.68. The summed E-state index contributed by atoms with van der Waals surface area (Å²) in [5.41, 5.74) is 6.41. The normalized spacial score (nSPS) is 13.1. The smallest absolute Gasteiger partial charge is 0.0488 e. The highest BCUT2D eigenvalue weighted by atomic mass is 15.0. The number of hydrogen-bond donors (Lipinski definition) is 1. The molecule has 0 bridgehead atoms. The lowest BCUT2D eigenvalue weighted by molar-refractivity contribution is 0.704. The van der Waals surface area contributed by atoms with E-state index in [1.54, 1.807) is 0 Å². The molecular formula is C19H19N3. The van der Waals surface area contributed by atoms with Crippen LogP contribution in [0.3, 0.4) is 0 Å². The molecule has 1 aliphatic rings. The first kappa shape index (κ1) is 13.1. The van der Waals surface area contributed by atoms with Gasteiger partial charge in [0.2, 0.25) is 0 Å². The highest BCUT2D eigenvalue weighted by Crippen LogP contribution is 2.29. The fraction of sp³-hybridized carbons (Fsp3) is 0.211. The van der Waals surface area contributed by atoms with Crippen LogP contribution in [0, 0.1) is 6.92 Å². The molecule has 0 saturated heterocycles. The minimum absolute atomic E-state index is 0.908. The molecule has 0 amide bonds. The Kier molecular flexibility index (Phi) is 3.19. The summed E-state index contributed by atoms with van der Waals surface area (Å²) >= 11 is 0. The number of pyridine rings is 1. The van der Waals surface area contributed by atoms with Crippen LogP contribution in [0.25, 0.3) is 17.0 Å². The van der Waals surface area contributed by atoms with Crippen LogP contribution in [0.2, 0.25) is 0 Å². The molecule has 1 aromatic carbocycles. The van der Waals surface area contributed by atoms with Crippen molar-refractivity contribution in [2.75, 3.05) is 0 Å². The van der Waals surface area contributed by atoms with E-state index in [2.05, 4.69) is 57.3 Å². The monoisotopic (exact) mass is 289 g/mol. The SMILES string of the molecule is Cc1ccc(CCn2c3c(c4ccccc42)CNC=C3)cn1. The molecule has 0 fully saturated rings. The van der Waals surface area contributed by atoms with Crippen molar-refractivity contribution in [2.24, 2.45) is 0 Å². The predicted molar refractivity (Wildman–Crippen MR) is 90.5 cm³/mol. The van der Waals surface area contributed by atoms with E-state index in [0.29, 0.717) is 0 Å². The summed E-state index contributed by atoms with van der Waals surface area (Å²) in [6.07, 6.45) is 7.22. The van der Waals surface area contributed by atoms with E-state index in [1.807, 2.05) is 19.3 Å². The molecule has 0 radical (unpaired) electrons. The molecule has 0 atom stereocenters. The summed E-state index contributed by atoms with van der Waals surface area (Å²) in [5.74, 6) is 0. The first-order chi connectivity index (χ1) is 10.8. The Bertz CT molecular complexity index is 841. The molecule has 0 unspecified atom stereocenters. The third kappa shape index (κ3) is 2.19. The van der Waals surface area contributed by atoms with Gasteiger partial charge in [0, 0.05) is 47.1 Å². The summed E-state index contributed by atoms with van der Waals surface area (Å²) in [4.78, 5) is 4.40. The van der Waals surface area contributed by atoms with Crippen molar-refractivity contribution in [3.63, 3.8) is 0 Å². The van der Waals surface area contributed by atoms with Gasteiger partial charge in [0.1, 0.15) is 0 Å². The molecular weight excluding hydrogens is 270 g/mol. The zero-order chi connectivity index (χ0) is 14.9. The lowest BCUT2D eigenvalue weighted by Crippen LogP contribution is -2.12. The number of rotatable bonds is 3. The zero-order valence-electron chi connectivity index (χ0n) is 12.7. The molecule has 1 N–H and O–H groups in total. The van der Waals surface area contributed by atoms with Crippen LogP contribution < -0.4 is 5.32 Å². The molecule has 0 spiro atoms. The molecule has 1 aliphatic heterocycles. The number of nitrogens with zero attached hydrogens (tertiary/aromatic N) is 2. The third-order valence-corrected chi connectivity index (χ3v) is 4.35. The van der Waals surface area contributed by atoms with Gasteiger partial charge in [-0.2, -0.15) is 0 Å². The van der Waals surface area contributed by atoms with Crippen molar-refractivity contribution in [2.45, 2.75) is 26.4 Å². The molecule has 0 aliphatic carbocycles. The largest absolute Gasteiger partial charge is 0.387 e. The Hall–Kier alpha value is -2.55. The van der Waals surface area contributed by atoms with Gasteiger partial charge in [-0.1, -0.05) is 24.3 Å². The van der Waals surface area contributed by atoms with Crippen molar-refractivity contribution < 1.29 is 0 Å². The van der Waals surface area contributed by atoms with Crippen LogP contribution >= 0.6 is 0 Å². The van der Waals surface area contributed by atoms with Gasteiger partial charge in [0.15, 0.2) is 0 Å². The summed E-state index contributed by atoms with van der Waals surface area (Å²) in [6, 6.07) is 12.9. The van der Waals surface area contributed by atoms with Crippen molar-refractivity contribution in [1.82, 2.24) is 14.9 Å². The fourth-order valence-electron chi connectivity index (χ4n) is 3.20. The van der Waals surface area contributed by atoms with Gasteiger partial charge in [0.05, 0.1) is 0 Å². The van der Waals surface area contributed by atoms with Crippen molar-refractivity contribution in [3.8, 4) is 0 Å².